The maximum absolute atomic E-state index is 2.47. The highest BCUT2D eigenvalue weighted by Gasteiger charge is 2.18. The first-order chi connectivity index (χ1) is 15.4. The van der Waals surface area contributed by atoms with Crippen molar-refractivity contribution in [1.82, 2.24) is 4.57 Å². The molecule has 0 bridgehead atoms. The molecule has 160 valence electrons. The largest absolute Gasteiger partial charge is 0.309 e. The Kier molecular flexibility index (Phi) is 5.50. The molecule has 5 aromatic rings. The Bertz CT molecular complexity index is 1440. The highest BCUT2D eigenvalue weighted by molar-refractivity contribution is 14.1. The molecule has 1 heterocycles. The van der Waals surface area contributed by atoms with E-state index in [9.17, 15) is 0 Å². The Morgan fingerprint density at radius 1 is 0.750 bits per heavy atom. The number of benzene rings is 4. The molecule has 0 aliphatic heterocycles. The third kappa shape index (κ3) is 3.71. The molecule has 0 N–H and O–H groups in total. The summed E-state index contributed by atoms with van der Waals surface area (Å²) in [6, 6.07) is 31.7. The smallest absolute Gasteiger partial charge is 0.0541 e. The average molecular weight is 546 g/mol. The van der Waals surface area contributed by atoms with Crippen LogP contribution in [0.4, 0.5) is 0 Å². The Balaban J connectivity index is 1.83. The zero-order chi connectivity index (χ0) is 22.5. The first-order valence-corrected chi connectivity index (χ1v) is 14.5. The Labute approximate surface area is 206 Å². The van der Waals surface area contributed by atoms with Crippen molar-refractivity contribution >= 4 is 59.1 Å². The van der Waals surface area contributed by atoms with Crippen LogP contribution in [0.25, 0.3) is 38.6 Å². The van der Waals surface area contributed by atoms with Gasteiger partial charge in [-0.05, 0) is 81.1 Å². The van der Waals surface area contributed by atoms with Gasteiger partial charge in [0.25, 0.3) is 0 Å². The first-order valence-electron chi connectivity index (χ1n) is 11.3. The zero-order valence-corrected chi connectivity index (χ0v) is 22.7. The summed E-state index contributed by atoms with van der Waals surface area (Å²) in [5.74, 6) is 0. The van der Waals surface area contributed by atoms with Crippen molar-refractivity contribution in [1.29, 1.82) is 0 Å². The molecule has 0 unspecified atom stereocenters. The molecule has 5 rings (SSSR count). The van der Waals surface area contributed by atoms with E-state index >= 15 is 0 Å². The standard InChI is InChI=1S/C29H28INSi/c1-29(2,3)20-10-15-27-25(16-20)23-13-12-22(32-4)18-28(23)31(27)21-11-14-26(30)24(17-21)19-8-6-5-7-9-19/h5-18H,32H2,1-4H3. The summed E-state index contributed by atoms with van der Waals surface area (Å²) in [6.07, 6.45) is 0. The van der Waals surface area contributed by atoms with Gasteiger partial charge in [0.05, 0.1) is 20.6 Å². The summed E-state index contributed by atoms with van der Waals surface area (Å²) in [5.41, 5.74) is 7.87. The van der Waals surface area contributed by atoms with E-state index in [1.54, 1.807) is 0 Å². The molecule has 3 heteroatoms. The second-order valence-corrected chi connectivity index (χ2v) is 12.2. The van der Waals surface area contributed by atoms with Crippen LogP contribution in [0.15, 0.2) is 84.9 Å². The predicted molar refractivity (Wildman–Crippen MR) is 152 cm³/mol. The van der Waals surface area contributed by atoms with Crippen molar-refractivity contribution in [2.24, 2.45) is 0 Å². The lowest BCUT2D eigenvalue weighted by molar-refractivity contribution is 0.591. The molecule has 0 saturated carbocycles. The third-order valence-corrected chi connectivity index (χ3v) is 8.59. The predicted octanol–water partition coefficient (Wildman–Crippen LogP) is 7.20. The molecule has 0 saturated heterocycles. The molecule has 4 aromatic carbocycles. The van der Waals surface area contributed by atoms with Gasteiger partial charge >= 0.3 is 0 Å². The minimum Gasteiger partial charge on any atom is -0.309 e. The topological polar surface area (TPSA) is 4.93 Å². The molecule has 0 fully saturated rings. The second-order valence-electron chi connectivity index (χ2n) is 9.55. The first kappa shape index (κ1) is 21.5. The van der Waals surface area contributed by atoms with E-state index in [2.05, 4.69) is 139 Å². The summed E-state index contributed by atoms with van der Waals surface area (Å²) in [5, 5.41) is 4.19. The number of aromatic nitrogens is 1. The minimum absolute atomic E-state index is 0.127. The average Bonchev–Trinajstić information content (AvgIpc) is 3.12. The SMILES string of the molecule is C[SiH2]c1ccc2c3cc(C(C)(C)C)ccc3n(-c3ccc(I)c(-c4ccccc4)c3)c2c1. The maximum Gasteiger partial charge on any atom is 0.0541 e. The van der Waals surface area contributed by atoms with Crippen LogP contribution in [0, 0.1) is 3.57 Å². The molecule has 0 aliphatic rings. The monoisotopic (exact) mass is 545 g/mol. The Morgan fingerprint density at radius 2 is 1.53 bits per heavy atom. The van der Waals surface area contributed by atoms with Crippen molar-refractivity contribution in [3.05, 3.63) is 94.1 Å². The van der Waals surface area contributed by atoms with E-state index < -0.39 is 0 Å². The van der Waals surface area contributed by atoms with Gasteiger partial charge in [0.1, 0.15) is 0 Å². The van der Waals surface area contributed by atoms with Crippen LogP contribution in [0.3, 0.4) is 0 Å². The van der Waals surface area contributed by atoms with Gasteiger partial charge in [-0.3, -0.25) is 0 Å². The van der Waals surface area contributed by atoms with Crippen LogP contribution in [-0.4, -0.2) is 14.1 Å². The normalized spacial score (nSPS) is 12.4. The Morgan fingerprint density at radius 3 is 2.25 bits per heavy atom. The van der Waals surface area contributed by atoms with Crippen LogP contribution in [-0.2, 0) is 5.41 Å². The molecule has 0 spiro atoms. The van der Waals surface area contributed by atoms with Gasteiger partial charge in [-0.25, -0.2) is 0 Å². The molecule has 0 radical (unpaired) electrons. The molecular weight excluding hydrogens is 517 g/mol. The Hall–Kier alpha value is -2.37. The molecule has 32 heavy (non-hydrogen) atoms. The van der Waals surface area contributed by atoms with E-state index in [-0.39, 0.29) is 14.9 Å². The van der Waals surface area contributed by atoms with Crippen molar-refractivity contribution < 1.29 is 0 Å². The van der Waals surface area contributed by atoms with E-state index in [1.165, 1.54) is 52.9 Å². The lowest BCUT2D eigenvalue weighted by Crippen LogP contribution is -2.10. The van der Waals surface area contributed by atoms with Gasteiger partial charge in [0.15, 0.2) is 0 Å². The zero-order valence-electron chi connectivity index (χ0n) is 19.1. The third-order valence-electron chi connectivity index (χ3n) is 6.40. The number of hydrogen-bond acceptors (Lipinski definition) is 0. The highest BCUT2D eigenvalue weighted by atomic mass is 127. The van der Waals surface area contributed by atoms with E-state index in [4.69, 9.17) is 0 Å². The summed E-state index contributed by atoms with van der Waals surface area (Å²) in [7, 11) is -0.230. The van der Waals surface area contributed by atoms with Crippen molar-refractivity contribution in [3.63, 3.8) is 0 Å². The quantitative estimate of drug-likeness (QED) is 0.167. The summed E-state index contributed by atoms with van der Waals surface area (Å²) in [4.78, 5) is 0. The number of halogens is 1. The number of fused-ring (bicyclic) bond motifs is 3. The summed E-state index contributed by atoms with van der Waals surface area (Å²) < 4.78 is 3.74. The fourth-order valence-corrected chi connectivity index (χ4v) is 5.92. The van der Waals surface area contributed by atoms with Gasteiger partial charge in [-0.15, -0.1) is 0 Å². The van der Waals surface area contributed by atoms with E-state index in [0.29, 0.717) is 0 Å². The second kappa shape index (κ2) is 8.20. The van der Waals surface area contributed by atoms with E-state index in [1.807, 2.05) is 0 Å². The number of nitrogens with zero attached hydrogens (tertiary/aromatic N) is 1. The fraction of sp³-hybridized carbons (Fsp3) is 0.172. The van der Waals surface area contributed by atoms with Gasteiger partial charge in [0.2, 0.25) is 0 Å². The minimum atomic E-state index is -0.230. The number of rotatable bonds is 3. The van der Waals surface area contributed by atoms with Crippen LogP contribution in [0.2, 0.25) is 6.55 Å². The summed E-state index contributed by atoms with van der Waals surface area (Å²) in [6.45, 7) is 9.24. The lowest BCUT2D eigenvalue weighted by atomic mass is 9.86. The van der Waals surface area contributed by atoms with Crippen LogP contribution >= 0.6 is 22.6 Å². The molecule has 1 nitrogen and oxygen atoms in total. The van der Waals surface area contributed by atoms with Gasteiger partial charge < -0.3 is 4.57 Å². The number of hydrogen-bond donors (Lipinski definition) is 0. The van der Waals surface area contributed by atoms with Crippen LogP contribution in [0.1, 0.15) is 26.3 Å². The highest BCUT2D eigenvalue weighted by Crippen LogP contribution is 2.36. The lowest BCUT2D eigenvalue weighted by Gasteiger charge is -2.19. The molecule has 0 atom stereocenters. The van der Waals surface area contributed by atoms with E-state index in [0.717, 1.165) is 0 Å². The maximum atomic E-state index is 2.47. The van der Waals surface area contributed by atoms with Gasteiger partial charge in [-0.1, -0.05) is 81.0 Å². The molecule has 1 aromatic heterocycles. The van der Waals surface area contributed by atoms with Crippen molar-refractivity contribution in [2.75, 3.05) is 0 Å². The fourth-order valence-electron chi connectivity index (χ4n) is 4.52. The van der Waals surface area contributed by atoms with Crippen LogP contribution in [0.5, 0.6) is 0 Å². The molecule has 0 amide bonds. The molecule has 0 aliphatic carbocycles. The van der Waals surface area contributed by atoms with Crippen LogP contribution < -0.4 is 5.19 Å². The van der Waals surface area contributed by atoms with Crippen molar-refractivity contribution in [3.8, 4) is 16.8 Å². The van der Waals surface area contributed by atoms with Gasteiger partial charge in [0, 0.05) is 20.0 Å². The van der Waals surface area contributed by atoms with Gasteiger partial charge in [-0.2, -0.15) is 0 Å². The summed E-state index contributed by atoms with van der Waals surface area (Å²) >= 11 is 2.46. The van der Waals surface area contributed by atoms with Crippen molar-refractivity contribution in [2.45, 2.75) is 32.7 Å². The molecular formula is C29H28INSi.